The summed E-state index contributed by atoms with van der Waals surface area (Å²) in [5.74, 6) is -0.0242. The first-order valence-electron chi connectivity index (χ1n) is 13.4. The number of halogens is 4. The largest absolute Gasteiger partial charge is 0.496 e. The molecule has 2 aliphatic rings. The Bertz CT molecular complexity index is 1680. The fourth-order valence-corrected chi connectivity index (χ4v) is 5.27. The maximum Gasteiger partial charge on any atom is 0.434 e. The number of aromatic nitrogens is 6. The molecule has 14 heteroatoms. The molecule has 0 bridgehead atoms. The van der Waals surface area contributed by atoms with E-state index >= 15 is 4.39 Å². The van der Waals surface area contributed by atoms with Gasteiger partial charge in [0.1, 0.15) is 35.2 Å². The van der Waals surface area contributed by atoms with E-state index in [1.807, 2.05) is 0 Å². The molecule has 1 amide bonds. The molecule has 0 saturated heterocycles. The molecular formula is C28H27F4N7O3. The van der Waals surface area contributed by atoms with Gasteiger partial charge in [0, 0.05) is 31.1 Å². The van der Waals surface area contributed by atoms with E-state index in [-0.39, 0.29) is 48.5 Å². The molecule has 42 heavy (non-hydrogen) atoms. The fraction of sp³-hybridized carbons (Fsp3) is 0.393. The maximum absolute atomic E-state index is 15.6. The number of hydrogen-bond acceptors (Lipinski definition) is 7. The number of methoxy groups -OCH3 is 2. The Morgan fingerprint density at radius 3 is 2.52 bits per heavy atom. The second-order valence-electron chi connectivity index (χ2n) is 10.1. The Morgan fingerprint density at radius 1 is 1.07 bits per heavy atom. The van der Waals surface area contributed by atoms with Crippen molar-refractivity contribution in [2.75, 3.05) is 19.1 Å². The molecule has 1 saturated carbocycles. The molecule has 0 N–H and O–H groups in total. The van der Waals surface area contributed by atoms with Gasteiger partial charge in [-0.25, -0.2) is 24.0 Å². The van der Waals surface area contributed by atoms with Gasteiger partial charge >= 0.3 is 6.18 Å². The summed E-state index contributed by atoms with van der Waals surface area (Å²) in [5, 5.41) is 4.73. The average Bonchev–Trinajstić information content (AvgIpc) is 3.57. The second kappa shape index (κ2) is 10.4. The molecule has 4 aromatic rings. The van der Waals surface area contributed by atoms with Crippen LogP contribution in [0.15, 0.2) is 30.7 Å². The normalized spacial score (nSPS) is 15.2. The number of aryl methyl sites for hydroxylation is 2. The zero-order valence-corrected chi connectivity index (χ0v) is 23.1. The molecule has 0 unspecified atom stereocenters. The molecular weight excluding hydrogens is 558 g/mol. The zero-order chi connectivity index (χ0) is 29.8. The molecule has 6 rings (SSSR count). The highest BCUT2D eigenvalue weighted by Crippen LogP contribution is 2.46. The number of benzene rings is 1. The number of hydrogen-bond donors (Lipinski definition) is 0. The lowest BCUT2D eigenvalue weighted by atomic mass is 10.1. The van der Waals surface area contributed by atoms with Gasteiger partial charge in [-0.15, -0.1) is 0 Å². The fourth-order valence-electron chi connectivity index (χ4n) is 5.27. The highest BCUT2D eigenvalue weighted by molar-refractivity contribution is 5.94. The quantitative estimate of drug-likeness (QED) is 0.262. The summed E-state index contributed by atoms with van der Waals surface area (Å²) in [7, 11) is 2.82. The van der Waals surface area contributed by atoms with Crippen LogP contribution in [0.4, 0.5) is 23.4 Å². The van der Waals surface area contributed by atoms with Crippen molar-refractivity contribution in [2.24, 2.45) is 0 Å². The minimum absolute atomic E-state index is 0.00192. The van der Waals surface area contributed by atoms with Crippen molar-refractivity contribution in [3.05, 3.63) is 53.5 Å². The van der Waals surface area contributed by atoms with E-state index in [4.69, 9.17) is 14.6 Å². The third kappa shape index (κ3) is 4.84. The smallest absolute Gasteiger partial charge is 0.434 e. The van der Waals surface area contributed by atoms with E-state index in [2.05, 4.69) is 15.0 Å². The molecule has 4 heterocycles. The van der Waals surface area contributed by atoms with Crippen LogP contribution >= 0.6 is 0 Å². The molecule has 0 radical (unpaired) electrons. The van der Waals surface area contributed by atoms with Crippen LogP contribution < -0.4 is 14.4 Å². The highest BCUT2D eigenvalue weighted by atomic mass is 19.4. The Labute approximate surface area is 237 Å². The minimum Gasteiger partial charge on any atom is -0.496 e. The maximum atomic E-state index is 15.6. The third-order valence-corrected chi connectivity index (χ3v) is 7.43. The van der Waals surface area contributed by atoms with Gasteiger partial charge in [-0.1, -0.05) is 0 Å². The van der Waals surface area contributed by atoms with E-state index < -0.39 is 17.7 Å². The summed E-state index contributed by atoms with van der Waals surface area (Å²) >= 11 is 0. The van der Waals surface area contributed by atoms with Crippen molar-refractivity contribution in [1.29, 1.82) is 0 Å². The summed E-state index contributed by atoms with van der Waals surface area (Å²) in [6, 6.07) is 4.45. The Balaban J connectivity index is 1.37. The number of amides is 1. The second-order valence-corrected chi connectivity index (χ2v) is 10.1. The molecule has 0 atom stereocenters. The summed E-state index contributed by atoms with van der Waals surface area (Å²) in [5.41, 5.74) is 1.14. The zero-order valence-electron chi connectivity index (χ0n) is 23.1. The summed E-state index contributed by atoms with van der Waals surface area (Å²) in [4.78, 5) is 27.0. The van der Waals surface area contributed by atoms with Crippen LogP contribution in [0.25, 0.3) is 22.6 Å². The summed E-state index contributed by atoms with van der Waals surface area (Å²) < 4.78 is 69.5. The number of carbonyl (C=O) groups excluding carboxylic acids is 1. The van der Waals surface area contributed by atoms with Crippen LogP contribution in [0.5, 0.6) is 11.6 Å². The molecule has 0 spiro atoms. The highest BCUT2D eigenvalue weighted by Gasteiger charge is 2.36. The SMILES string of the molecule is CCn1cc(C(F)(F)F)nc1-c1c(F)cc(CN2C(=O)CCn3nc(-c4c(OC)ncnc4C4CC4)cc32)cc1OC. The van der Waals surface area contributed by atoms with E-state index in [9.17, 15) is 18.0 Å². The van der Waals surface area contributed by atoms with Crippen molar-refractivity contribution in [3.8, 4) is 34.3 Å². The van der Waals surface area contributed by atoms with Crippen molar-refractivity contribution in [3.63, 3.8) is 0 Å². The van der Waals surface area contributed by atoms with Gasteiger partial charge in [0.2, 0.25) is 11.8 Å². The van der Waals surface area contributed by atoms with Gasteiger partial charge in [-0.05, 0) is 37.5 Å². The van der Waals surface area contributed by atoms with Gasteiger partial charge in [0.15, 0.2) is 5.69 Å². The van der Waals surface area contributed by atoms with Crippen molar-refractivity contribution in [2.45, 2.75) is 57.9 Å². The molecule has 1 fully saturated rings. The molecule has 3 aromatic heterocycles. The van der Waals surface area contributed by atoms with E-state index in [0.29, 0.717) is 35.1 Å². The Hall–Kier alpha value is -4.49. The van der Waals surface area contributed by atoms with Gasteiger partial charge in [0.25, 0.3) is 0 Å². The summed E-state index contributed by atoms with van der Waals surface area (Å²) in [6.45, 7) is 2.11. The van der Waals surface area contributed by atoms with Gasteiger partial charge in [-0.3, -0.25) is 9.69 Å². The first-order valence-corrected chi connectivity index (χ1v) is 13.4. The number of anilines is 1. The van der Waals surface area contributed by atoms with Crippen molar-refractivity contribution >= 4 is 11.7 Å². The first-order chi connectivity index (χ1) is 20.1. The number of imidazole rings is 1. The molecule has 10 nitrogen and oxygen atoms in total. The van der Waals surface area contributed by atoms with E-state index in [1.165, 1.54) is 42.1 Å². The predicted octanol–water partition coefficient (Wildman–Crippen LogP) is 5.21. The Morgan fingerprint density at radius 2 is 1.86 bits per heavy atom. The molecule has 1 aromatic carbocycles. The van der Waals surface area contributed by atoms with Crippen LogP contribution in [0.3, 0.4) is 0 Å². The number of ether oxygens (including phenoxy) is 2. The lowest BCUT2D eigenvalue weighted by Gasteiger charge is -2.28. The van der Waals surface area contributed by atoms with Gasteiger partial charge in [-0.2, -0.15) is 18.3 Å². The van der Waals surface area contributed by atoms with Crippen molar-refractivity contribution in [1.82, 2.24) is 29.3 Å². The number of nitrogens with zero attached hydrogens (tertiary/aromatic N) is 7. The summed E-state index contributed by atoms with van der Waals surface area (Å²) in [6.07, 6.45) is -0.198. The predicted molar refractivity (Wildman–Crippen MR) is 142 cm³/mol. The topological polar surface area (TPSA) is 100 Å². The molecule has 1 aliphatic heterocycles. The standard InChI is InChI=1S/C28H27F4N7O3/c1-4-37-13-20(28(30,31)32)35-26(37)23-17(29)9-15(10-19(23)41-2)12-38-21-11-18(36-39(21)8-7-22(38)40)24-25(16-5-6-16)33-14-34-27(24)42-3/h9-11,13-14,16H,4-8,12H2,1-3H3. The van der Waals surface area contributed by atoms with Crippen LogP contribution in [-0.4, -0.2) is 49.4 Å². The average molecular weight is 586 g/mol. The lowest BCUT2D eigenvalue weighted by Crippen LogP contribution is -2.37. The van der Waals surface area contributed by atoms with Gasteiger partial charge < -0.3 is 14.0 Å². The monoisotopic (exact) mass is 585 g/mol. The number of fused-ring (bicyclic) bond motifs is 1. The molecule has 1 aliphatic carbocycles. The number of rotatable bonds is 8. The first kappa shape index (κ1) is 27.7. The minimum atomic E-state index is -4.69. The number of carbonyl (C=O) groups is 1. The third-order valence-electron chi connectivity index (χ3n) is 7.43. The Kier molecular flexibility index (Phi) is 6.86. The van der Waals surface area contributed by atoms with Crippen LogP contribution in [0.2, 0.25) is 0 Å². The lowest BCUT2D eigenvalue weighted by molar-refractivity contribution is -0.140. The van der Waals surface area contributed by atoms with E-state index in [1.54, 1.807) is 17.7 Å². The van der Waals surface area contributed by atoms with Crippen LogP contribution in [0, 0.1) is 5.82 Å². The molecule has 220 valence electrons. The van der Waals surface area contributed by atoms with Crippen LogP contribution in [-0.2, 0) is 30.6 Å². The van der Waals surface area contributed by atoms with Crippen molar-refractivity contribution < 1.29 is 31.8 Å². The number of alkyl halides is 3. The van der Waals surface area contributed by atoms with E-state index in [0.717, 1.165) is 24.7 Å². The van der Waals surface area contributed by atoms with Gasteiger partial charge in [0.05, 0.1) is 44.1 Å². The van der Waals surface area contributed by atoms with Crippen LogP contribution in [0.1, 0.15) is 49.1 Å².